The average molecular weight is 318 g/mol. The minimum absolute atomic E-state index is 0.0149. The van der Waals surface area contributed by atoms with Crippen LogP contribution in [-0.4, -0.2) is 23.0 Å². The van der Waals surface area contributed by atoms with Gasteiger partial charge >= 0.3 is 0 Å². The SMILES string of the molecule is CC(C/C(N)=N/O)NC(=O)c1cccc(F)c1Br. The van der Waals surface area contributed by atoms with Gasteiger partial charge in [-0.25, -0.2) is 4.39 Å². The highest BCUT2D eigenvalue weighted by molar-refractivity contribution is 9.10. The molecule has 0 radical (unpaired) electrons. The Bertz CT molecular complexity index is 479. The molecule has 0 bridgehead atoms. The quantitative estimate of drug-likeness (QED) is 0.343. The third-order valence-corrected chi connectivity index (χ3v) is 3.02. The molecule has 0 fully saturated rings. The van der Waals surface area contributed by atoms with Crippen molar-refractivity contribution in [3.05, 3.63) is 34.1 Å². The number of amides is 1. The second kappa shape index (κ2) is 6.34. The molecule has 1 atom stereocenters. The van der Waals surface area contributed by atoms with E-state index in [0.29, 0.717) is 0 Å². The highest BCUT2D eigenvalue weighted by atomic mass is 79.9. The summed E-state index contributed by atoms with van der Waals surface area (Å²) in [4.78, 5) is 11.8. The summed E-state index contributed by atoms with van der Waals surface area (Å²) in [6, 6.07) is 3.87. The van der Waals surface area contributed by atoms with Crippen LogP contribution in [0, 0.1) is 5.82 Å². The fraction of sp³-hybridized carbons (Fsp3) is 0.273. The lowest BCUT2D eigenvalue weighted by Gasteiger charge is -2.13. The van der Waals surface area contributed by atoms with Gasteiger partial charge in [-0.05, 0) is 35.0 Å². The lowest BCUT2D eigenvalue weighted by atomic mass is 10.1. The maximum atomic E-state index is 13.2. The predicted molar refractivity (Wildman–Crippen MR) is 69.1 cm³/mol. The standard InChI is InChI=1S/C11H13BrFN3O2/c1-6(5-9(14)16-18)15-11(17)7-3-2-4-8(13)10(7)12/h2-4,6,18H,5H2,1H3,(H2,14,16)(H,15,17). The number of oxime groups is 1. The van der Waals surface area contributed by atoms with Crippen LogP contribution >= 0.6 is 15.9 Å². The summed E-state index contributed by atoms with van der Waals surface area (Å²) in [5.74, 6) is -0.924. The average Bonchev–Trinajstić information content (AvgIpc) is 2.32. The first kappa shape index (κ1) is 14.4. The smallest absolute Gasteiger partial charge is 0.252 e. The second-order valence-electron chi connectivity index (χ2n) is 3.77. The molecule has 7 heteroatoms. The molecule has 98 valence electrons. The lowest BCUT2D eigenvalue weighted by molar-refractivity contribution is 0.0939. The zero-order valence-electron chi connectivity index (χ0n) is 9.65. The van der Waals surface area contributed by atoms with Gasteiger partial charge in [-0.15, -0.1) is 0 Å². The Labute approximate surface area is 112 Å². The minimum Gasteiger partial charge on any atom is -0.409 e. The zero-order chi connectivity index (χ0) is 13.7. The fourth-order valence-corrected chi connectivity index (χ4v) is 1.83. The number of nitrogens with zero attached hydrogens (tertiary/aromatic N) is 1. The molecule has 1 aromatic carbocycles. The molecule has 0 aliphatic heterocycles. The molecule has 4 N–H and O–H groups in total. The number of benzene rings is 1. The van der Waals surface area contributed by atoms with Crippen molar-refractivity contribution in [1.82, 2.24) is 5.32 Å². The van der Waals surface area contributed by atoms with Crippen molar-refractivity contribution in [3.63, 3.8) is 0 Å². The first-order chi connectivity index (χ1) is 8.45. The molecule has 1 unspecified atom stereocenters. The van der Waals surface area contributed by atoms with E-state index in [4.69, 9.17) is 10.9 Å². The summed E-state index contributed by atoms with van der Waals surface area (Å²) in [5.41, 5.74) is 5.52. The predicted octanol–water partition coefficient (Wildman–Crippen LogP) is 1.84. The van der Waals surface area contributed by atoms with Gasteiger partial charge in [0.15, 0.2) is 0 Å². The molecule has 0 aliphatic rings. The van der Waals surface area contributed by atoms with Crippen LogP contribution < -0.4 is 11.1 Å². The Morgan fingerprint density at radius 3 is 2.94 bits per heavy atom. The van der Waals surface area contributed by atoms with Gasteiger partial charge in [0.25, 0.3) is 5.91 Å². The van der Waals surface area contributed by atoms with E-state index in [2.05, 4.69) is 26.4 Å². The van der Waals surface area contributed by atoms with E-state index in [1.165, 1.54) is 18.2 Å². The fourth-order valence-electron chi connectivity index (χ4n) is 1.39. The normalized spacial score (nSPS) is 13.2. The summed E-state index contributed by atoms with van der Waals surface area (Å²) >= 11 is 3.01. The molecule has 1 aromatic rings. The Balaban J connectivity index is 2.74. The van der Waals surface area contributed by atoms with Gasteiger partial charge in [-0.1, -0.05) is 11.2 Å². The Morgan fingerprint density at radius 1 is 1.67 bits per heavy atom. The molecule has 1 rings (SSSR count). The van der Waals surface area contributed by atoms with Crippen LogP contribution in [0.25, 0.3) is 0 Å². The topological polar surface area (TPSA) is 87.7 Å². The molecular formula is C11H13BrFN3O2. The summed E-state index contributed by atoms with van der Waals surface area (Å²) in [7, 11) is 0. The summed E-state index contributed by atoms with van der Waals surface area (Å²) in [6.45, 7) is 1.70. The van der Waals surface area contributed by atoms with E-state index < -0.39 is 11.7 Å². The van der Waals surface area contributed by atoms with Crippen molar-refractivity contribution < 1.29 is 14.4 Å². The van der Waals surface area contributed by atoms with Crippen LogP contribution in [0.1, 0.15) is 23.7 Å². The van der Waals surface area contributed by atoms with Crippen molar-refractivity contribution in [3.8, 4) is 0 Å². The molecule has 18 heavy (non-hydrogen) atoms. The summed E-state index contributed by atoms with van der Waals surface area (Å²) in [6.07, 6.45) is 0.204. The Hall–Kier alpha value is -1.63. The van der Waals surface area contributed by atoms with Crippen LogP contribution in [0.3, 0.4) is 0 Å². The molecule has 0 aliphatic carbocycles. The molecule has 0 aromatic heterocycles. The second-order valence-corrected chi connectivity index (χ2v) is 4.56. The number of rotatable bonds is 4. The van der Waals surface area contributed by atoms with Crippen molar-refractivity contribution in [2.75, 3.05) is 0 Å². The van der Waals surface area contributed by atoms with Gasteiger partial charge in [0.2, 0.25) is 0 Å². The van der Waals surface area contributed by atoms with Crippen LogP contribution in [-0.2, 0) is 0 Å². The van der Waals surface area contributed by atoms with Gasteiger partial charge in [0.05, 0.1) is 10.0 Å². The van der Waals surface area contributed by atoms with Crippen LogP contribution in [0.2, 0.25) is 0 Å². The van der Waals surface area contributed by atoms with Crippen LogP contribution in [0.4, 0.5) is 4.39 Å². The zero-order valence-corrected chi connectivity index (χ0v) is 11.2. The lowest BCUT2D eigenvalue weighted by Crippen LogP contribution is -2.36. The number of hydrogen-bond acceptors (Lipinski definition) is 3. The van der Waals surface area contributed by atoms with E-state index in [1.54, 1.807) is 6.92 Å². The maximum absolute atomic E-state index is 13.2. The molecule has 0 saturated heterocycles. The first-order valence-electron chi connectivity index (χ1n) is 5.17. The van der Waals surface area contributed by atoms with Crippen molar-refractivity contribution in [2.24, 2.45) is 10.9 Å². The minimum atomic E-state index is -0.508. The monoisotopic (exact) mass is 317 g/mol. The van der Waals surface area contributed by atoms with E-state index in [-0.39, 0.29) is 28.3 Å². The van der Waals surface area contributed by atoms with Crippen molar-refractivity contribution in [2.45, 2.75) is 19.4 Å². The molecule has 0 heterocycles. The summed E-state index contributed by atoms with van der Waals surface area (Å²) < 4.78 is 13.4. The largest absolute Gasteiger partial charge is 0.409 e. The number of amidine groups is 1. The van der Waals surface area contributed by atoms with E-state index in [1.807, 2.05) is 0 Å². The van der Waals surface area contributed by atoms with Gasteiger partial charge < -0.3 is 16.3 Å². The third-order valence-electron chi connectivity index (χ3n) is 2.22. The Kier molecular flexibility index (Phi) is 5.08. The number of hydrogen-bond donors (Lipinski definition) is 3. The van der Waals surface area contributed by atoms with Crippen molar-refractivity contribution in [1.29, 1.82) is 0 Å². The van der Waals surface area contributed by atoms with Crippen LogP contribution in [0.5, 0.6) is 0 Å². The van der Waals surface area contributed by atoms with Crippen LogP contribution in [0.15, 0.2) is 27.8 Å². The molecular weight excluding hydrogens is 305 g/mol. The van der Waals surface area contributed by atoms with Gasteiger partial charge in [-0.3, -0.25) is 4.79 Å². The molecule has 1 amide bonds. The molecule has 0 spiro atoms. The highest BCUT2D eigenvalue weighted by Crippen LogP contribution is 2.20. The number of carbonyl (C=O) groups excluding carboxylic acids is 1. The van der Waals surface area contributed by atoms with Gasteiger partial charge in [0, 0.05) is 12.5 Å². The van der Waals surface area contributed by atoms with Gasteiger partial charge in [-0.2, -0.15) is 0 Å². The molecule has 0 saturated carbocycles. The number of nitrogens with two attached hydrogens (primary N) is 1. The Morgan fingerprint density at radius 2 is 2.33 bits per heavy atom. The number of nitrogens with one attached hydrogen (secondary N) is 1. The summed E-state index contributed by atoms with van der Waals surface area (Å²) in [5, 5.41) is 13.8. The van der Waals surface area contributed by atoms with E-state index in [0.717, 1.165) is 0 Å². The van der Waals surface area contributed by atoms with E-state index >= 15 is 0 Å². The maximum Gasteiger partial charge on any atom is 0.252 e. The van der Waals surface area contributed by atoms with Crippen molar-refractivity contribution >= 4 is 27.7 Å². The first-order valence-corrected chi connectivity index (χ1v) is 5.96. The number of halogens is 2. The highest BCUT2D eigenvalue weighted by Gasteiger charge is 2.15. The van der Waals surface area contributed by atoms with Gasteiger partial charge in [0.1, 0.15) is 11.7 Å². The van der Waals surface area contributed by atoms with E-state index in [9.17, 15) is 9.18 Å². The molecule has 5 nitrogen and oxygen atoms in total. The third kappa shape index (κ3) is 3.69. The number of carbonyl (C=O) groups is 1.